The molecule has 28 heavy (non-hydrogen) atoms. The van der Waals surface area contributed by atoms with E-state index in [4.69, 9.17) is 18.4 Å². The van der Waals surface area contributed by atoms with Gasteiger partial charge in [-0.3, -0.25) is 4.57 Å². The molecule has 0 atom stereocenters. The number of aromatic nitrogens is 3. The van der Waals surface area contributed by atoms with Gasteiger partial charge in [0.25, 0.3) is 5.89 Å². The average Bonchev–Trinajstić information content (AvgIpc) is 3.30. The van der Waals surface area contributed by atoms with Crippen LogP contribution in [0.1, 0.15) is 11.5 Å². The number of fused-ring (bicyclic) bond motifs is 1. The van der Waals surface area contributed by atoms with Crippen LogP contribution in [-0.2, 0) is 7.05 Å². The monoisotopic (exact) mass is 379 g/mol. The predicted octanol–water partition coefficient (Wildman–Crippen LogP) is 3.37. The van der Waals surface area contributed by atoms with Gasteiger partial charge < -0.3 is 18.4 Å². The summed E-state index contributed by atoms with van der Waals surface area (Å²) in [6.07, 6.45) is 3.54. The van der Waals surface area contributed by atoms with Gasteiger partial charge >= 0.3 is 5.76 Å². The Hall–Kier alpha value is -3.81. The Labute approximate surface area is 159 Å². The van der Waals surface area contributed by atoms with Crippen molar-refractivity contribution < 1.29 is 18.4 Å². The fourth-order valence-electron chi connectivity index (χ4n) is 2.82. The van der Waals surface area contributed by atoms with Crippen molar-refractivity contribution in [3.63, 3.8) is 0 Å². The zero-order valence-corrected chi connectivity index (χ0v) is 15.5. The highest BCUT2D eigenvalue weighted by molar-refractivity contribution is 5.79. The lowest BCUT2D eigenvalue weighted by molar-refractivity contribution is 0.355. The molecule has 8 nitrogen and oxygen atoms in total. The lowest BCUT2D eigenvalue weighted by Crippen LogP contribution is -2.08. The third-order valence-electron chi connectivity index (χ3n) is 4.32. The van der Waals surface area contributed by atoms with Gasteiger partial charge in [0.15, 0.2) is 17.1 Å². The quantitative estimate of drug-likeness (QED) is 0.525. The lowest BCUT2D eigenvalue weighted by atomic mass is 10.2. The standard InChI is InChI=1S/C20H17N3O5/c1-23-14-7-6-13(11-16(14)27-20(23)24)19-21-18(28-22-19)9-5-12-4-8-15(25-2)17(10-12)26-3/h4-11H,1-3H3/b9-5+. The molecule has 0 aliphatic carbocycles. The molecule has 0 saturated carbocycles. The number of nitrogens with zero attached hydrogens (tertiary/aromatic N) is 3. The topological polar surface area (TPSA) is 92.5 Å². The van der Waals surface area contributed by atoms with E-state index in [1.54, 1.807) is 39.5 Å². The van der Waals surface area contributed by atoms with Gasteiger partial charge in [0, 0.05) is 18.7 Å². The summed E-state index contributed by atoms with van der Waals surface area (Å²) in [5.41, 5.74) is 2.75. The molecule has 0 fully saturated rings. The highest BCUT2D eigenvalue weighted by Crippen LogP contribution is 2.28. The van der Waals surface area contributed by atoms with E-state index >= 15 is 0 Å². The third-order valence-corrected chi connectivity index (χ3v) is 4.32. The van der Waals surface area contributed by atoms with Crippen molar-refractivity contribution in [1.82, 2.24) is 14.7 Å². The zero-order chi connectivity index (χ0) is 19.7. The van der Waals surface area contributed by atoms with Gasteiger partial charge in [0.2, 0.25) is 5.82 Å². The molecule has 0 aliphatic heterocycles. The smallest absolute Gasteiger partial charge is 0.419 e. The first-order chi connectivity index (χ1) is 13.6. The molecule has 2 aromatic carbocycles. The van der Waals surface area contributed by atoms with E-state index in [0.29, 0.717) is 39.9 Å². The Balaban J connectivity index is 1.59. The van der Waals surface area contributed by atoms with Gasteiger partial charge in [-0.1, -0.05) is 11.2 Å². The van der Waals surface area contributed by atoms with E-state index in [1.165, 1.54) is 4.57 Å². The molecule has 4 rings (SSSR count). The molecule has 0 unspecified atom stereocenters. The Morgan fingerprint density at radius 1 is 1.04 bits per heavy atom. The Bertz CT molecular complexity index is 1230. The van der Waals surface area contributed by atoms with Gasteiger partial charge in [0.05, 0.1) is 19.7 Å². The van der Waals surface area contributed by atoms with E-state index in [9.17, 15) is 4.79 Å². The van der Waals surface area contributed by atoms with Crippen LogP contribution in [0.2, 0.25) is 0 Å². The minimum Gasteiger partial charge on any atom is -0.493 e. The molecular formula is C20H17N3O5. The van der Waals surface area contributed by atoms with Crippen LogP contribution in [-0.4, -0.2) is 28.9 Å². The molecule has 2 heterocycles. The second-order valence-corrected chi connectivity index (χ2v) is 6.01. The molecular weight excluding hydrogens is 362 g/mol. The van der Waals surface area contributed by atoms with Crippen LogP contribution in [0.25, 0.3) is 34.6 Å². The fraction of sp³-hybridized carbons (Fsp3) is 0.150. The van der Waals surface area contributed by atoms with E-state index in [1.807, 2.05) is 30.3 Å². The molecule has 0 aliphatic rings. The first-order valence-corrected chi connectivity index (χ1v) is 8.43. The summed E-state index contributed by atoms with van der Waals surface area (Å²) in [6.45, 7) is 0. The van der Waals surface area contributed by atoms with E-state index in [-0.39, 0.29) is 0 Å². The number of ether oxygens (including phenoxy) is 2. The maximum absolute atomic E-state index is 11.6. The summed E-state index contributed by atoms with van der Waals surface area (Å²) in [4.78, 5) is 16.0. The van der Waals surface area contributed by atoms with E-state index < -0.39 is 5.76 Å². The van der Waals surface area contributed by atoms with Gasteiger partial charge in [-0.2, -0.15) is 4.98 Å². The van der Waals surface area contributed by atoms with Crippen LogP contribution in [0.4, 0.5) is 0 Å². The number of rotatable bonds is 5. The molecule has 0 radical (unpaired) electrons. The second-order valence-electron chi connectivity index (χ2n) is 6.01. The van der Waals surface area contributed by atoms with E-state index in [2.05, 4.69) is 10.1 Å². The summed E-state index contributed by atoms with van der Waals surface area (Å²) in [7, 11) is 4.83. The molecule has 8 heteroatoms. The van der Waals surface area contributed by atoms with Gasteiger partial charge in [-0.05, 0) is 42.0 Å². The van der Waals surface area contributed by atoms with Crippen molar-refractivity contribution in [2.24, 2.45) is 7.05 Å². The van der Waals surface area contributed by atoms with Crippen molar-refractivity contribution in [3.8, 4) is 22.9 Å². The Morgan fingerprint density at radius 2 is 1.86 bits per heavy atom. The molecule has 0 N–H and O–H groups in total. The summed E-state index contributed by atoms with van der Waals surface area (Å²) < 4.78 is 22.4. The van der Waals surface area contributed by atoms with Crippen LogP contribution >= 0.6 is 0 Å². The van der Waals surface area contributed by atoms with Crippen molar-refractivity contribution in [2.75, 3.05) is 14.2 Å². The highest BCUT2D eigenvalue weighted by atomic mass is 16.5. The minimum absolute atomic E-state index is 0.347. The molecule has 0 amide bonds. The van der Waals surface area contributed by atoms with E-state index in [0.717, 1.165) is 5.56 Å². The third kappa shape index (κ3) is 3.16. The average molecular weight is 379 g/mol. The molecule has 142 valence electrons. The molecule has 0 spiro atoms. The lowest BCUT2D eigenvalue weighted by Gasteiger charge is -2.07. The number of hydrogen-bond acceptors (Lipinski definition) is 7. The van der Waals surface area contributed by atoms with Gasteiger partial charge in [-0.25, -0.2) is 4.79 Å². The van der Waals surface area contributed by atoms with Crippen LogP contribution < -0.4 is 15.2 Å². The number of benzene rings is 2. The first kappa shape index (κ1) is 17.6. The molecule has 0 saturated heterocycles. The highest BCUT2D eigenvalue weighted by Gasteiger charge is 2.11. The largest absolute Gasteiger partial charge is 0.493 e. The van der Waals surface area contributed by atoms with Crippen LogP contribution in [0.5, 0.6) is 11.5 Å². The number of hydrogen-bond donors (Lipinski definition) is 0. The maximum atomic E-state index is 11.6. The first-order valence-electron chi connectivity index (χ1n) is 8.43. The second kappa shape index (κ2) is 7.07. The maximum Gasteiger partial charge on any atom is 0.419 e. The molecule has 4 aromatic rings. The number of methoxy groups -OCH3 is 2. The van der Waals surface area contributed by atoms with Gasteiger partial charge in [0.1, 0.15) is 0 Å². The summed E-state index contributed by atoms with van der Waals surface area (Å²) in [6, 6.07) is 10.9. The molecule has 0 bridgehead atoms. The normalized spacial score (nSPS) is 11.4. The Morgan fingerprint density at radius 3 is 2.64 bits per heavy atom. The Kier molecular flexibility index (Phi) is 4.44. The van der Waals surface area contributed by atoms with Crippen LogP contribution in [0, 0.1) is 0 Å². The molecule has 2 aromatic heterocycles. The minimum atomic E-state index is -0.418. The summed E-state index contributed by atoms with van der Waals surface area (Å²) >= 11 is 0. The fourth-order valence-corrected chi connectivity index (χ4v) is 2.82. The summed E-state index contributed by atoms with van der Waals surface area (Å²) in [5.74, 6) is 1.62. The predicted molar refractivity (Wildman–Crippen MR) is 103 cm³/mol. The van der Waals surface area contributed by atoms with Crippen molar-refractivity contribution >= 4 is 23.3 Å². The van der Waals surface area contributed by atoms with Crippen molar-refractivity contribution in [2.45, 2.75) is 0 Å². The van der Waals surface area contributed by atoms with Crippen LogP contribution in [0.3, 0.4) is 0 Å². The van der Waals surface area contributed by atoms with Crippen LogP contribution in [0.15, 0.2) is 50.1 Å². The zero-order valence-electron chi connectivity index (χ0n) is 15.5. The summed E-state index contributed by atoms with van der Waals surface area (Å²) in [5, 5.41) is 3.99. The van der Waals surface area contributed by atoms with Crippen molar-refractivity contribution in [1.29, 1.82) is 0 Å². The number of oxazole rings is 1. The SMILES string of the molecule is COc1ccc(/C=C/c2nc(-c3ccc4c(c3)oc(=O)n4C)no2)cc1OC. The van der Waals surface area contributed by atoms with Crippen molar-refractivity contribution in [3.05, 3.63) is 58.4 Å². The number of aryl methyl sites for hydroxylation is 1. The van der Waals surface area contributed by atoms with Gasteiger partial charge in [-0.15, -0.1) is 0 Å².